The first-order valence-electron chi connectivity index (χ1n) is 28.4. The van der Waals surface area contributed by atoms with Gasteiger partial charge < -0.3 is 20.3 Å². The van der Waals surface area contributed by atoms with E-state index in [1.54, 1.807) is 0 Å². The van der Waals surface area contributed by atoms with Gasteiger partial charge in [0.05, 0.1) is 25.4 Å². The zero-order chi connectivity index (χ0) is 45.8. The third-order valence-electron chi connectivity index (χ3n) is 13.3. The maximum Gasteiger partial charge on any atom is 0.305 e. The van der Waals surface area contributed by atoms with Gasteiger partial charge in [-0.15, -0.1) is 0 Å². The van der Waals surface area contributed by atoms with Gasteiger partial charge in [0, 0.05) is 12.8 Å². The minimum Gasteiger partial charge on any atom is -0.466 e. The molecule has 0 heterocycles. The zero-order valence-corrected chi connectivity index (χ0v) is 42.6. The Hall–Kier alpha value is -1.40. The monoisotopic (exact) mass is 890 g/mol. The van der Waals surface area contributed by atoms with Gasteiger partial charge in [0.2, 0.25) is 5.91 Å². The predicted molar refractivity (Wildman–Crippen MR) is 273 cm³/mol. The summed E-state index contributed by atoms with van der Waals surface area (Å²) in [6.45, 7) is 4.95. The van der Waals surface area contributed by atoms with Gasteiger partial charge in [-0.1, -0.05) is 264 Å². The average Bonchev–Trinajstić information content (AvgIpc) is 3.28. The summed E-state index contributed by atoms with van der Waals surface area (Å²) in [6, 6.07) is -0.544. The second-order valence-corrected chi connectivity index (χ2v) is 19.6. The van der Waals surface area contributed by atoms with Crippen LogP contribution in [0.4, 0.5) is 0 Å². The molecule has 6 heteroatoms. The summed E-state index contributed by atoms with van der Waals surface area (Å²) < 4.78 is 5.48. The van der Waals surface area contributed by atoms with Crippen LogP contribution in [-0.2, 0) is 14.3 Å². The molecule has 0 radical (unpaired) electrons. The molecule has 1 amide bonds. The first kappa shape index (κ1) is 61.6. The highest BCUT2D eigenvalue weighted by molar-refractivity contribution is 5.76. The number of amides is 1. The first-order chi connectivity index (χ1) is 31.0. The number of aliphatic hydroxyl groups excluding tert-OH is 2. The second kappa shape index (κ2) is 53.2. The highest BCUT2D eigenvalue weighted by atomic mass is 16.5. The van der Waals surface area contributed by atoms with Crippen molar-refractivity contribution >= 4 is 11.9 Å². The van der Waals surface area contributed by atoms with Crippen LogP contribution in [0.1, 0.15) is 316 Å². The molecular formula is C57H111NO5. The molecule has 0 aliphatic carbocycles. The number of unbranched alkanes of at least 4 members (excludes halogenated alkanes) is 40. The molecule has 0 spiro atoms. The standard InChI is InChI=1S/C57H111NO5/c1-3-5-7-9-11-13-15-16-28-31-35-39-43-47-51-57(62)63-52-48-44-40-36-32-29-26-24-22-20-18-17-19-21-23-25-27-30-34-38-42-46-50-56(61)58-54(53-59)55(60)49-45-41-37-33-14-12-10-8-6-4-2/h19,21,54-55,59-60H,3-18,20,22-53H2,1-2H3,(H,58,61)/b21-19-. The van der Waals surface area contributed by atoms with E-state index in [0.29, 0.717) is 25.9 Å². The molecule has 0 aliphatic heterocycles. The quantitative estimate of drug-likeness (QED) is 0.0321. The average molecular weight is 891 g/mol. The number of carbonyl (C=O) groups is 2. The van der Waals surface area contributed by atoms with Crippen molar-refractivity contribution in [2.24, 2.45) is 0 Å². The molecule has 0 rings (SSSR count). The molecule has 0 aromatic carbocycles. The molecule has 3 N–H and O–H groups in total. The van der Waals surface area contributed by atoms with Gasteiger partial charge in [0.1, 0.15) is 0 Å². The van der Waals surface area contributed by atoms with Crippen molar-refractivity contribution in [2.45, 2.75) is 328 Å². The topological polar surface area (TPSA) is 95.9 Å². The number of rotatable bonds is 53. The smallest absolute Gasteiger partial charge is 0.305 e. The van der Waals surface area contributed by atoms with Crippen molar-refractivity contribution in [3.63, 3.8) is 0 Å². The lowest BCUT2D eigenvalue weighted by Crippen LogP contribution is -2.45. The fourth-order valence-electron chi connectivity index (χ4n) is 8.93. The van der Waals surface area contributed by atoms with E-state index in [9.17, 15) is 19.8 Å². The van der Waals surface area contributed by atoms with Crippen LogP contribution in [0.25, 0.3) is 0 Å². The van der Waals surface area contributed by atoms with E-state index in [-0.39, 0.29) is 18.5 Å². The Balaban J connectivity index is 3.38. The van der Waals surface area contributed by atoms with E-state index in [1.807, 2.05) is 0 Å². The van der Waals surface area contributed by atoms with E-state index in [0.717, 1.165) is 38.5 Å². The van der Waals surface area contributed by atoms with Crippen LogP contribution in [0.2, 0.25) is 0 Å². The Bertz CT molecular complexity index is 939. The lowest BCUT2D eigenvalue weighted by atomic mass is 10.0. The molecule has 0 aromatic heterocycles. The lowest BCUT2D eigenvalue weighted by Gasteiger charge is -2.22. The number of hydrogen-bond acceptors (Lipinski definition) is 5. The molecular weight excluding hydrogens is 779 g/mol. The Labute approximate surface area is 393 Å². The predicted octanol–water partition coefficient (Wildman–Crippen LogP) is 17.3. The Kier molecular flexibility index (Phi) is 52.0. The van der Waals surface area contributed by atoms with Crippen molar-refractivity contribution in [3.05, 3.63) is 12.2 Å². The van der Waals surface area contributed by atoms with E-state index >= 15 is 0 Å². The van der Waals surface area contributed by atoms with Crippen LogP contribution in [-0.4, -0.2) is 47.4 Å². The van der Waals surface area contributed by atoms with E-state index in [4.69, 9.17) is 4.74 Å². The van der Waals surface area contributed by atoms with Crippen LogP contribution >= 0.6 is 0 Å². The third kappa shape index (κ3) is 49.9. The Morgan fingerprint density at radius 3 is 1.13 bits per heavy atom. The minimum atomic E-state index is -0.666. The molecule has 0 saturated carbocycles. The normalized spacial score (nSPS) is 12.6. The van der Waals surface area contributed by atoms with Crippen molar-refractivity contribution in [1.29, 1.82) is 0 Å². The largest absolute Gasteiger partial charge is 0.466 e. The molecule has 63 heavy (non-hydrogen) atoms. The van der Waals surface area contributed by atoms with Crippen LogP contribution in [0, 0.1) is 0 Å². The van der Waals surface area contributed by atoms with Gasteiger partial charge in [-0.2, -0.15) is 0 Å². The lowest BCUT2D eigenvalue weighted by molar-refractivity contribution is -0.143. The van der Waals surface area contributed by atoms with E-state index < -0.39 is 12.1 Å². The number of hydrogen-bond donors (Lipinski definition) is 3. The van der Waals surface area contributed by atoms with E-state index in [1.165, 1.54) is 244 Å². The van der Waals surface area contributed by atoms with Gasteiger partial charge in [0.15, 0.2) is 0 Å². The van der Waals surface area contributed by atoms with Crippen molar-refractivity contribution in [2.75, 3.05) is 13.2 Å². The fourth-order valence-corrected chi connectivity index (χ4v) is 8.93. The molecule has 374 valence electrons. The molecule has 6 nitrogen and oxygen atoms in total. The van der Waals surface area contributed by atoms with Crippen LogP contribution in [0.15, 0.2) is 12.2 Å². The highest BCUT2D eigenvalue weighted by Crippen LogP contribution is 2.17. The summed E-state index contributed by atoms with van der Waals surface area (Å²) in [4.78, 5) is 24.4. The molecule has 2 atom stereocenters. The Morgan fingerprint density at radius 2 is 0.746 bits per heavy atom. The summed E-state index contributed by atoms with van der Waals surface area (Å²) in [5.41, 5.74) is 0. The maximum absolute atomic E-state index is 12.4. The molecule has 0 fully saturated rings. The van der Waals surface area contributed by atoms with Gasteiger partial charge in [0.25, 0.3) is 0 Å². The first-order valence-corrected chi connectivity index (χ1v) is 28.4. The summed E-state index contributed by atoms with van der Waals surface area (Å²) in [6.07, 6.45) is 62.1. The van der Waals surface area contributed by atoms with Crippen molar-refractivity contribution < 1.29 is 24.5 Å². The van der Waals surface area contributed by atoms with E-state index in [2.05, 4.69) is 31.3 Å². The van der Waals surface area contributed by atoms with Crippen molar-refractivity contribution in [1.82, 2.24) is 5.32 Å². The van der Waals surface area contributed by atoms with Crippen LogP contribution < -0.4 is 5.32 Å². The summed E-state index contributed by atoms with van der Waals surface area (Å²) in [5, 5.41) is 23.1. The van der Waals surface area contributed by atoms with Gasteiger partial charge >= 0.3 is 5.97 Å². The number of ether oxygens (including phenoxy) is 1. The minimum absolute atomic E-state index is 0.0124. The van der Waals surface area contributed by atoms with Crippen LogP contribution in [0.5, 0.6) is 0 Å². The van der Waals surface area contributed by atoms with Gasteiger partial charge in [-0.25, -0.2) is 0 Å². The Morgan fingerprint density at radius 1 is 0.429 bits per heavy atom. The summed E-state index contributed by atoms with van der Waals surface area (Å²) in [7, 11) is 0. The summed E-state index contributed by atoms with van der Waals surface area (Å²) in [5.74, 6) is -0.0303. The van der Waals surface area contributed by atoms with Gasteiger partial charge in [-0.05, 0) is 51.4 Å². The second-order valence-electron chi connectivity index (χ2n) is 19.6. The fraction of sp³-hybridized carbons (Fsp3) is 0.930. The third-order valence-corrected chi connectivity index (χ3v) is 13.3. The summed E-state index contributed by atoms with van der Waals surface area (Å²) >= 11 is 0. The number of aliphatic hydroxyl groups is 2. The number of allylic oxidation sites excluding steroid dienone is 2. The number of carbonyl (C=O) groups excluding carboxylic acids is 2. The SMILES string of the molecule is CCCCCCCCCCCCCCCCC(=O)OCCCCCCCCCCCCC/C=C\CCCCCCCCCC(=O)NC(CO)C(O)CCCCCCCCCCCC. The number of esters is 1. The molecule has 0 aliphatic rings. The van der Waals surface area contributed by atoms with Crippen LogP contribution in [0.3, 0.4) is 0 Å². The highest BCUT2D eigenvalue weighted by Gasteiger charge is 2.20. The van der Waals surface area contributed by atoms with Gasteiger partial charge in [-0.3, -0.25) is 9.59 Å². The number of nitrogens with one attached hydrogen (secondary N) is 1. The molecule has 2 unspecified atom stereocenters. The molecule has 0 saturated heterocycles. The zero-order valence-electron chi connectivity index (χ0n) is 42.6. The molecule has 0 bridgehead atoms. The maximum atomic E-state index is 12.4. The van der Waals surface area contributed by atoms with Crippen molar-refractivity contribution in [3.8, 4) is 0 Å². The molecule has 0 aromatic rings.